The van der Waals surface area contributed by atoms with Crippen LogP contribution in [0.15, 0.2) is 45.5 Å². The van der Waals surface area contributed by atoms with E-state index in [1.165, 1.54) is 18.7 Å². The molecule has 7 nitrogen and oxygen atoms in total. The quantitative estimate of drug-likeness (QED) is 0.341. The number of aliphatic imine (C=N–C) groups is 1. The van der Waals surface area contributed by atoms with Crippen molar-refractivity contribution in [1.82, 2.24) is 4.98 Å². The van der Waals surface area contributed by atoms with Gasteiger partial charge >= 0.3 is 6.18 Å². The molecular formula is C21H21F3N4O3S. The first-order valence-corrected chi connectivity index (χ1v) is 10.3. The van der Waals surface area contributed by atoms with Crippen LogP contribution in [-0.2, 0) is 6.18 Å². The lowest BCUT2D eigenvalue weighted by atomic mass is 10.0. The lowest BCUT2D eigenvalue weighted by molar-refractivity contribution is -0.137. The lowest BCUT2D eigenvalue weighted by Crippen LogP contribution is -2.19. The van der Waals surface area contributed by atoms with Gasteiger partial charge in [-0.25, -0.2) is 4.98 Å². The predicted molar refractivity (Wildman–Crippen MR) is 117 cm³/mol. The summed E-state index contributed by atoms with van der Waals surface area (Å²) in [5, 5.41) is 12.3. The van der Waals surface area contributed by atoms with E-state index in [9.17, 15) is 23.1 Å². The molecule has 0 fully saturated rings. The normalized spacial score (nSPS) is 12.4. The molecule has 0 unspecified atom stereocenters. The number of carbonyl (C=O) groups excluding carboxylic acids is 1. The van der Waals surface area contributed by atoms with E-state index < -0.39 is 22.7 Å². The molecule has 0 spiro atoms. The Morgan fingerprint density at radius 2 is 2.12 bits per heavy atom. The van der Waals surface area contributed by atoms with Crippen LogP contribution in [0.2, 0.25) is 0 Å². The number of furan rings is 1. The summed E-state index contributed by atoms with van der Waals surface area (Å²) in [6.45, 7) is 3.70. The molecule has 0 saturated carbocycles. The predicted octanol–water partition coefficient (Wildman–Crippen LogP) is 4.84. The summed E-state index contributed by atoms with van der Waals surface area (Å²) in [4.78, 5) is 20.2. The maximum Gasteiger partial charge on any atom is 0.443 e. The molecule has 0 radical (unpaired) electrons. The fourth-order valence-corrected chi connectivity index (χ4v) is 3.37. The van der Waals surface area contributed by atoms with Crippen LogP contribution in [0.3, 0.4) is 0 Å². The van der Waals surface area contributed by atoms with Crippen molar-refractivity contribution in [2.45, 2.75) is 32.0 Å². The molecule has 0 aliphatic heterocycles. The van der Waals surface area contributed by atoms with E-state index in [0.717, 1.165) is 5.38 Å². The third kappa shape index (κ3) is 5.95. The first kappa shape index (κ1) is 23.5. The molecule has 170 valence electrons. The summed E-state index contributed by atoms with van der Waals surface area (Å²) < 4.78 is 43.6. The van der Waals surface area contributed by atoms with Crippen molar-refractivity contribution in [3.05, 3.63) is 52.4 Å². The summed E-state index contributed by atoms with van der Waals surface area (Å²) in [6.07, 6.45) is 0.219. The number of aliphatic hydroxyl groups is 1. The van der Waals surface area contributed by atoms with Crippen LogP contribution in [0.25, 0.3) is 11.1 Å². The Labute approximate surface area is 185 Å². The highest BCUT2D eigenvalue weighted by Gasteiger charge is 2.35. The molecule has 0 atom stereocenters. The number of nitrogens with two attached hydrogens (primary N) is 1. The van der Waals surface area contributed by atoms with Crippen molar-refractivity contribution in [2.24, 2.45) is 4.99 Å². The number of benzene rings is 1. The minimum absolute atomic E-state index is 0.302. The second kappa shape index (κ2) is 9.13. The van der Waals surface area contributed by atoms with Crippen LogP contribution in [0, 0.1) is 0 Å². The zero-order valence-electron chi connectivity index (χ0n) is 17.2. The van der Waals surface area contributed by atoms with Gasteiger partial charge in [-0.15, -0.1) is 11.3 Å². The summed E-state index contributed by atoms with van der Waals surface area (Å²) in [6, 6.07) is 4.84. The number of alkyl halides is 3. The number of halogens is 3. The van der Waals surface area contributed by atoms with Gasteiger partial charge in [0.2, 0.25) is 0 Å². The fourth-order valence-electron chi connectivity index (χ4n) is 2.70. The molecule has 0 saturated heterocycles. The SMILES string of the molecule is CC(C)(O)CCN=Cc1cc(NC(=O)c2csc(C(F)(F)F)n2)c(-c2ccoc2)cc1N. The van der Waals surface area contributed by atoms with E-state index in [4.69, 9.17) is 10.2 Å². The van der Waals surface area contributed by atoms with Gasteiger partial charge in [0.05, 0.1) is 18.1 Å². The number of nitrogen functional groups attached to an aromatic ring is 1. The lowest BCUT2D eigenvalue weighted by Gasteiger charge is -2.15. The van der Waals surface area contributed by atoms with Crippen molar-refractivity contribution < 1.29 is 27.5 Å². The van der Waals surface area contributed by atoms with Crippen LogP contribution in [0.4, 0.5) is 24.5 Å². The van der Waals surface area contributed by atoms with E-state index in [1.54, 1.807) is 32.0 Å². The Balaban J connectivity index is 1.90. The number of hydrogen-bond donors (Lipinski definition) is 3. The van der Waals surface area contributed by atoms with Crippen molar-refractivity contribution >= 4 is 34.8 Å². The molecule has 4 N–H and O–H groups in total. The third-order valence-corrected chi connectivity index (χ3v) is 5.25. The summed E-state index contributed by atoms with van der Waals surface area (Å²) in [7, 11) is 0. The monoisotopic (exact) mass is 466 g/mol. The highest BCUT2D eigenvalue weighted by atomic mass is 32.1. The first-order valence-electron chi connectivity index (χ1n) is 9.46. The smallest absolute Gasteiger partial charge is 0.443 e. The molecule has 32 heavy (non-hydrogen) atoms. The molecule has 1 amide bonds. The van der Waals surface area contributed by atoms with Crippen LogP contribution in [-0.4, -0.2) is 34.4 Å². The number of anilines is 2. The maximum atomic E-state index is 12.8. The number of nitrogens with zero attached hydrogens (tertiary/aromatic N) is 2. The Hall–Kier alpha value is -3.18. The Bertz CT molecular complexity index is 1120. The van der Waals surface area contributed by atoms with Gasteiger partial charge in [0.25, 0.3) is 5.91 Å². The van der Waals surface area contributed by atoms with Crippen molar-refractivity contribution in [3.63, 3.8) is 0 Å². The van der Waals surface area contributed by atoms with Gasteiger partial charge in [-0.1, -0.05) is 0 Å². The third-order valence-electron chi connectivity index (χ3n) is 4.37. The molecule has 0 aliphatic rings. The summed E-state index contributed by atoms with van der Waals surface area (Å²) >= 11 is 0.345. The number of amides is 1. The van der Waals surface area contributed by atoms with E-state index >= 15 is 0 Å². The van der Waals surface area contributed by atoms with Gasteiger partial charge in [0.1, 0.15) is 5.69 Å². The average Bonchev–Trinajstić information content (AvgIpc) is 3.38. The highest BCUT2D eigenvalue weighted by molar-refractivity contribution is 7.10. The summed E-state index contributed by atoms with van der Waals surface area (Å²) in [5.74, 6) is -0.795. The van der Waals surface area contributed by atoms with E-state index in [-0.39, 0.29) is 5.69 Å². The number of rotatable bonds is 7. The van der Waals surface area contributed by atoms with E-state index in [0.29, 0.717) is 52.4 Å². The second-order valence-electron chi connectivity index (χ2n) is 7.63. The van der Waals surface area contributed by atoms with Crippen LogP contribution in [0.5, 0.6) is 0 Å². The van der Waals surface area contributed by atoms with Gasteiger partial charge in [-0.05, 0) is 38.5 Å². The molecule has 0 aliphatic carbocycles. The average molecular weight is 466 g/mol. The van der Waals surface area contributed by atoms with Crippen molar-refractivity contribution in [2.75, 3.05) is 17.6 Å². The highest BCUT2D eigenvalue weighted by Crippen LogP contribution is 2.34. The van der Waals surface area contributed by atoms with Gasteiger partial charge in [-0.3, -0.25) is 9.79 Å². The Kier molecular flexibility index (Phi) is 6.70. The zero-order chi connectivity index (χ0) is 23.5. The number of hydrogen-bond acceptors (Lipinski definition) is 7. The van der Waals surface area contributed by atoms with Gasteiger partial charge in [0, 0.05) is 46.2 Å². The summed E-state index contributed by atoms with van der Waals surface area (Å²) in [5.41, 5.74) is 7.23. The topological polar surface area (TPSA) is 114 Å². The van der Waals surface area contributed by atoms with Crippen LogP contribution >= 0.6 is 11.3 Å². The number of carbonyl (C=O) groups is 1. The zero-order valence-corrected chi connectivity index (χ0v) is 18.0. The standard InChI is InChI=1S/C21H21F3N4O3S/c1-20(2,30)4-5-26-9-13-7-16(14(8-15(13)25)12-3-6-31-10-12)27-18(29)17-11-32-19(28-17)21(22,23)24/h3,6-11,30H,4-5,25H2,1-2H3,(H,27,29). The first-order chi connectivity index (χ1) is 14.9. The van der Waals surface area contributed by atoms with Crippen molar-refractivity contribution in [1.29, 1.82) is 0 Å². The Morgan fingerprint density at radius 3 is 2.72 bits per heavy atom. The molecule has 0 bridgehead atoms. The van der Waals surface area contributed by atoms with Gasteiger partial charge in [-0.2, -0.15) is 13.2 Å². The van der Waals surface area contributed by atoms with Crippen LogP contribution in [0.1, 0.15) is 41.3 Å². The fraction of sp³-hybridized carbons (Fsp3) is 0.286. The molecule has 3 rings (SSSR count). The Morgan fingerprint density at radius 1 is 1.38 bits per heavy atom. The molecule has 3 aromatic rings. The minimum Gasteiger partial charge on any atom is -0.472 e. The molecule has 1 aromatic carbocycles. The molecule has 2 aromatic heterocycles. The van der Waals surface area contributed by atoms with Gasteiger partial charge in [0.15, 0.2) is 5.01 Å². The van der Waals surface area contributed by atoms with E-state index in [2.05, 4.69) is 15.3 Å². The second-order valence-corrected chi connectivity index (χ2v) is 8.48. The van der Waals surface area contributed by atoms with E-state index in [1.807, 2.05) is 0 Å². The maximum absolute atomic E-state index is 12.8. The van der Waals surface area contributed by atoms with Gasteiger partial charge < -0.3 is 20.6 Å². The largest absolute Gasteiger partial charge is 0.472 e. The van der Waals surface area contributed by atoms with Crippen molar-refractivity contribution in [3.8, 4) is 11.1 Å². The minimum atomic E-state index is -4.63. The molecule has 2 heterocycles. The number of aromatic nitrogens is 1. The van der Waals surface area contributed by atoms with Crippen LogP contribution < -0.4 is 11.1 Å². The molecular weight excluding hydrogens is 445 g/mol. The number of nitrogens with one attached hydrogen (secondary N) is 1. The molecule has 11 heteroatoms. The number of thiazole rings is 1.